The third-order valence-electron chi connectivity index (χ3n) is 8.61. The highest BCUT2D eigenvalue weighted by molar-refractivity contribution is 5.82. The Kier molecular flexibility index (Phi) is 11.7. The number of carbonyl (C=O) groups is 2. The molecule has 0 amide bonds. The van der Waals surface area contributed by atoms with Crippen LogP contribution < -0.4 is 9.80 Å². The first-order valence-electron chi connectivity index (χ1n) is 17.2. The van der Waals surface area contributed by atoms with E-state index in [9.17, 15) is 9.59 Å². The van der Waals surface area contributed by atoms with E-state index in [4.69, 9.17) is 9.47 Å². The van der Waals surface area contributed by atoms with Crippen LogP contribution in [0.2, 0.25) is 0 Å². The largest absolute Gasteiger partial charge is 0.462 e. The van der Waals surface area contributed by atoms with Crippen molar-refractivity contribution in [2.24, 2.45) is 0 Å². The molecule has 6 rings (SSSR count). The second kappa shape index (κ2) is 17.3. The molecule has 0 fully saturated rings. The minimum absolute atomic E-state index is 0.310. The van der Waals surface area contributed by atoms with Gasteiger partial charge in [0, 0.05) is 59.1 Å². The Bertz CT molecular complexity index is 1920. The summed E-state index contributed by atoms with van der Waals surface area (Å²) < 4.78 is 10.3. The van der Waals surface area contributed by atoms with Gasteiger partial charge in [0.2, 0.25) is 0 Å². The van der Waals surface area contributed by atoms with Crippen molar-refractivity contribution in [2.75, 3.05) is 23.0 Å². The number of benzene rings is 6. The summed E-state index contributed by atoms with van der Waals surface area (Å²) in [6, 6.07) is 54.5. The van der Waals surface area contributed by atoms with Gasteiger partial charge in [-0.25, -0.2) is 9.59 Å². The van der Waals surface area contributed by atoms with Crippen molar-refractivity contribution in [3.63, 3.8) is 0 Å². The highest BCUT2D eigenvalue weighted by Gasteiger charge is 2.15. The summed E-state index contributed by atoms with van der Waals surface area (Å²) in [5, 5.41) is 0. The van der Waals surface area contributed by atoms with Crippen molar-refractivity contribution in [2.45, 2.75) is 12.8 Å². The second-order valence-electron chi connectivity index (χ2n) is 12.0. The number of nitrogens with zero attached hydrogens (tertiary/aromatic N) is 2. The van der Waals surface area contributed by atoms with E-state index in [0.29, 0.717) is 26.1 Å². The first-order chi connectivity index (χ1) is 25.5. The van der Waals surface area contributed by atoms with Gasteiger partial charge in [-0.15, -0.1) is 0 Å². The van der Waals surface area contributed by atoms with Gasteiger partial charge in [0.25, 0.3) is 0 Å². The maximum Gasteiger partial charge on any atom is 0.330 e. The van der Waals surface area contributed by atoms with Crippen molar-refractivity contribution in [3.05, 3.63) is 194 Å². The van der Waals surface area contributed by atoms with Gasteiger partial charge in [-0.1, -0.05) is 98.1 Å². The number of rotatable bonds is 15. The van der Waals surface area contributed by atoms with Crippen molar-refractivity contribution >= 4 is 46.1 Å². The molecule has 52 heavy (non-hydrogen) atoms. The number of hydrogen-bond donors (Lipinski definition) is 0. The average Bonchev–Trinajstić information content (AvgIpc) is 3.20. The number of para-hydroxylation sites is 2. The fourth-order valence-electron chi connectivity index (χ4n) is 5.93. The molecule has 6 nitrogen and oxygen atoms in total. The summed E-state index contributed by atoms with van der Waals surface area (Å²) in [6.45, 7) is 7.52. The first-order valence-corrected chi connectivity index (χ1v) is 17.2. The minimum Gasteiger partial charge on any atom is -0.462 e. The fraction of sp³-hybridized carbons (Fsp3) is 0.0870. The van der Waals surface area contributed by atoms with Crippen LogP contribution in [0.15, 0.2) is 183 Å². The normalized spacial score (nSPS) is 10.5. The lowest BCUT2D eigenvalue weighted by molar-refractivity contribution is -0.138. The number of esters is 2. The lowest BCUT2D eigenvalue weighted by atomic mass is 10.0. The van der Waals surface area contributed by atoms with Crippen molar-refractivity contribution in [1.82, 2.24) is 0 Å². The highest BCUT2D eigenvalue weighted by Crippen LogP contribution is 2.38. The molecule has 0 N–H and O–H groups in total. The summed E-state index contributed by atoms with van der Waals surface area (Å²) in [4.78, 5) is 27.3. The Balaban J connectivity index is 1.21. The number of ether oxygens (including phenoxy) is 2. The van der Waals surface area contributed by atoms with Gasteiger partial charge in [0.1, 0.15) is 0 Å². The highest BCUT2D eigenvalue weighted by atomic mass is 16.5. The van der Waals surface area contributed by atoms with Crippen LogP contribution in [0.1, 0.15) is 11.1 Å². The zero-order valence-electron chi connectivity index (χ0n) is 28.9. The van der Waals surface area contributed by atoms with Crippen molar-refractivity contribution < 1.29 is 19.1 Å². The monoisotopic (exact) mass is 684 g/mol. The molecule has 0 saturated heterocycles. The third-order valence-corrected chi connectivity index (χ3v) is 8.61. The topological polar surface area (TPSA) is 59.1 Å². The SMILES string of the molecule is C=CC(=O)OCCc1ccc(N(c2ccccc2)c2ccc(-c3ccc(N(c4ccccc4)c4ccc(CCOC(=O)C=C)cc4)cc3)cc2)cc1. The predicted octanol–water partition coefficient (Wildman–Crippen LogP) is 10.8. The van der Waals surface area contributed by atoms with E-state index in [-0.39, 0.29) is 0 Å². The molecule has 6 aromatic carbocycles. The molecule has 6 aromatic rings. The molecule has 0 heterocycles. The standard InChI is InChI=1S/C46H40N2O4/c1-3-45(49)51-33-31-35-15-23-41(24-16-35)47(39-11-7-5-8-12-39)43-27-19-37(20-28-43)38-21-29-44(30-22-38)48(40-13-9-6-10-14-40)42-25-17-36(18-26-42)32-34-52-46(50)4-2/h3-30H,1-2,31-34H2. The Morgan fingerprint density at radius 1 is 0.423 bits per heavy atom. The average molecular weight is 685 g/mol. The predicted molar refractivity (Wildman–Crippen MR) is 211 cm³/mol. The summed E-state index contributed by atoms with van der Waals surface area (Å²) in [6.07, 6.45) is 3.62. The Morgan fingerprint density at radius 2 is 0.712 bits per heavy atom. The molecular weight excluding hydrogens is 645 g/mol. The van der Waals surface area contributed by atoms with Crippen LogP contribution in [-0.2, 0) is 31.9 Å². The minimum atomic E-state index is -0.411. The van der Waals surface area contributed by atoms with E-state index in [1.807, 2.05) is 36.4 Å². The summed E-state index contributed by atoms with van der Waals surface area (Å²) >= 11 is 0. The second-order valence-corrected chi connectivity index (χ2v) is 12.0. The maximum absolute atomic E-state index is 11.4. The quantitative estimate of drug-likeness (QED) is 0.0793. The molecule has 6 heteroatoms. The maximum atomic E-state index is 11.4. The van der Waals surface area contributed by atoms with Crippen LogP contribution in [0.25, 0.3) is 11.1 Å². The molecular formula is C46H40N2O4. The van der Waals surface area contributed by atoms with Crippen molar-refractivity contribution in [1.29, 1.82) is 0 Å². The summed E-state index contributed by atoms with van der Waals surface area (Å²) in [7, 11) is 0. The number of hydrogen-bond acceptors (Lipinski definition) is 6. The van der Waals surface area contributed by atoms with Gasteiger partial charge >= 0.3 is 11.9 Å². The molecule has 0 aliphatic heterocycles. The molecule has 0 saturated carbocycles. The number of anilines is 6. The molecule has 0 unspecified atom stereocenters. The molecule has 0 radical (unpaired) electrons. The van der Waals surface area contributed by atoms with Crippen LogP contribution in [0.5, 0.6) is 0 Å². The summed E-state index contributed by atoms with van der Waals surface area (Å²) in [5.74, 6) is -0.823. The van der Waals surface area contributed by atoms with Crippen LogP contribution in [0, 0.1) is 0 Å². The molecule has 0 aromatic heterocycles. The van der Waals surface area contributed by atoms with E-state index in [2.05, 4.69) is 144 Å². The van der Waals surface area contributed by atoms with Gasteiger partial charge in [0.05, 0.1) is 13.2 Å². The molecule has 0 bridgehead atoms. The van der Waals surface area contributed by atoms with E-state index in [1.165, 1.54) is 12.2 Å². The Morgan fingerprint density at radius 3 is 1.02 bits per heavy atom. The zero-order valence-corrected chi connectivity index (χ0v) is 28.9. The number of carbonyl (C=O) groups excluding carboxylic acids is 2. The lowest BCUT2D eigenvalue weighted by Crippen LogP contribution is -2.10. The Labute approximate surface area is 305 Å². The lowest BCUT2D eigenvalue weighted by Gasteiger charge is -2.26. The Hall–Kier alpha value is -6.66. The van der Waals surface area contributed by atoms with Crippen molar-refractivity contribution in [3.8, 4) is 11.1 Å². The molecule has 258 valence electrons. The third kappa shape index (κ3) is 8.92. The van der Waals surface area contributed by atoms with Crippen LogP contribution in [0.4, 0.5) is 34.1 Å². The molecule has 0 aliphatic carbocycles. The van der Waals surface area contributed by atoms with Gasteiger partial charge in [-0.2, -0.15) is 0 Å². The van der Waals surface area contributed by atoms with Gasteiger partial charge in [0.15, 0.2) is 0 Å². The van der Waals surface area contributed by atoms with E-state index in [1.54, 1.807) is 0 Å². The molecule has 0 aliphatic rings. The van der Waals surface area contributed by atoms with Crippen LogP contribution in [-0.4, -0.2) is 25.2 Å². The fourth-order valence-corrected chi connectivity index (χ4v) is 5.93. The molecule has 0 atom stereocenters. The van der Waals surface area contributed by atoms with E-state index < -0.39 is 11.9 Å². The van der Waals surface area contributed by atoms with Crippen LogP contribution in [0.3, 0.4) is 0 Å². The van der Waals surface area contributed by atoms with Crippen LogP contribution >= 0.6 is 0 Å². The zero-order chi connectivity index (χ0) is 36.1. The summed E-state index contributed by atoms with van der Waals surface area (Å²) in [5.41, 5.74) is 10.6. The van der Waals surface area contributed by atoms with E-state index in [0.717, 1.165) is 56.4 Å². The first kappa shape index (κ1) is 35.2. The van der Waals surface area contributed by atoms with Gasteiger partial charge in [-0.3, -0.25) is 0 Å². The van der Waals surface area contributed by atoms with E-state index >= 15 is 0 Å². The molecule has 0 spiro atoms. The van der Waals surface area contributed by atoms with Gasteiger partial charge in [-0.05, 0) is 95.1 Å². The smallest absolute Gasteiger partial charge is 0.330 e. The van der Waals surface area contributed by atoms with Gasteiger partial charge < -0.3 is 19.3 Å².